The Kier molecular flexibility index (Phi) is 3.54. The highest BCUT2D eigenvalue weighted by Crippen LogP contribution is 2.58. The van der Waals surface area contributed by atoms with Crippen LogP contribution >= 0.6 is 15.9 Å². The summed E-state index contributed by atoms with van der Waals surface area (Å²) in [5.41, 5.74) is 0.595. The quantitative estimate of drug-likeness (QED) is 0.542. The van der Waals surface area contributed by atoms with Gasteiger partial charge in [0.05, 0.1) is 0 Å². The standard InChI is InChI=1S/C12H21BrO/c1-2-14-6-5-12(9-13)8-10-3-4-11(12)7-10/h10-11H,2-9H2,1H3. The molecule has 2 aliphatic rings. The predicted octanol–water partition coefficient (Wildman–Crippen LogP) is 3.61. The summed E-state index contributed by atoms with van der Waals surface area (Å²) in [4.78, 5) is 0. The van der Waals surface area contributed by atoms with Crippen LogP contribution in [0.3, 0.4) is 0 Å². The molecule has 2 saturated carbocycles. The summed E-state index contributed by atoms with van der Waals surface area (Å²) >= 11 is 3.73. The minimum atomic E-state index is 0.595. The van der Waals surface area contributed by atoms with Gasteiger partial charge in [-0.25, -0.2) is 0 Å². The Morgan fingerprint density at radius 1 is 1.43 bits per heavy atom. The highest BCUT2D eigenvalue weighted by molar-refractivity contribution is 9.09. The van der Waals surface area contributed by atoms with Crippen LogP contribution in [0.25, 0.3) is 0 Å². The zero-order chi connectivity index (χ0) is 10.0. The number of rotatable bonds is 5. The second-order valence-corrected chi connectivity index (χ2v) is 5.58. The van der Waals surface area contributed by atoms with E-state index in [1.54, 1.807) is 0 Å². The van der Waals surface area contributed by atoms with Gasteiger partial charge in [-0.1, -0.05) is 22.4 Å². The molecule has 0 heterocycles. The maximum atomic E-state index is 5.51. The first-order valence-electron chi connectivity index (χ1n) is 5.94. The molecule has 0 aromatic rings. The number of ether oxygens (including phenoxy) is 1. The van der Waals surface area contributed by atoms with Gasteiger partial charge < -0.3 is 4.74 Å². The van der Waals surface area contributed by atoms with Crippen molar-refractivity contribution in [3.8, 4) is 0 Å². The van der Waals surface area contributed by atoms with Gasteiger partial charge in [0, 0.05) is 18.5 Å². The molecule has 0 aromatic heterocycles. The summed E-state index contributed by atoms with van der Waals surface area (Å²) in [6.07, 6.45) is 7.19. The van der Waals surface area contributed by atoms with Crippen LogP contribution in [0.15, 0.2) is 0 Å². The van der Waals surface area contributed by atoms with Crippen molar-refractivity contribution in [2.24, 2.45) is 17.3 Å². The Balaban J connectivity index is 1.90. The number of halogens is 1. The second-order valence-electron chi connectivity index (χ2n) is 5.02. The van der Waals surface area contributed by atoms with E-state index in [1.165, 1.54) is 37.4 Å². The van der Waals surface area contributed by atoms with Crippen LogP contribution in [0.4, 0.5) is 0 Å². The third kappa shape index (κ3) is 1.88. The van der Waals surface area contributed by atoms with E-state index >= 15 is 0 Å². The molecule has 0 aliphatic heterocycles. The lowest BCUT2D eigenvalue weighted by Crippen LogP contribution is -2.31. The fraction of sp³-hybridized carbons (Fsp3) is 1.00. The first-order chi connectivity index (χ1) is 6.80. The van der Waals surface area contributed by atoms with Crippen molar-refractivity contribution in [2.75, 3.05) is 18.5 Å². The number of hydrogen-bond donors (Lipinski definition) is 0. The van der Waals surface area contributed by atoms with Crippen LogP contribution < -0.4 is 0 Å². The summed E-state index contributed by atoms with van der Waals surface area (Å²) in [5.74, 6) is 2.03. The van der Waals surface area contributed by atoms with Gasteiger partial charge in [0.15, 0.2) is 0 Å². The van der Waals surface area contributed by atoms with E-state index in [2.05, 4.69) is 22.9 Å². The molecule has 14 heavy (non-hydrogen) atoms. The van der Waals surface area contributed by atoms with Crippen molar-refractivity contribution in [1.82, 2.24) is 0 Å². The fourth-order valence-corrected chi connectivity index (χ4v) is 4.48. The molecule has 2 bridgehead atoms. The van der Waals surface area contributed by atoms with Crippen LogP contribution in [-0.4, -0.2) is 18.5 Å². The largest absolute Gasteiger partial charge is 0.382 e. The minimum Gasteiger partial charge on any atom is -0.382 e. The maximum Gasteiger partial charge on any atom is 0.0471 e. The zero-order valence-corrected chi connectivity index (χ0v) is 10.7. The monoisotopic (exact) mass is 260 g/mol. The molecular weight excluding hydrogens is 240 g/mol. The normalized spacial score (nSPS) is 40.7. The molecule has 0 radical (unpaired) electrons. The molecule has 3 atom stereocenters. The lowest BCUT2D eigenvalue weighted by Gasteiger charge is -2.36. The van der Waals surface area contributed by atoms with Gasteiger partial charge in [0.1, 0.15) is 0 Å². The van der Waals surface area contributed by atoms with E-state index in [0.717, 1.165) is 25.0 Å². The topological polar surface area (TPSA) is 9.23 Å². The third-order valence-electron chi connectivity index (χ3n) is 4.32. The van der Waals surface area contributed by atoms with Crippen LogP contribution in [0.1, 0.15) is 39.0 Å². The van der Waals surface area contributed by atoms with Gasteiger partial charge >= 0.3 is 0 Å². The van der Waals surface area contributed by atoms with E-state index in [4.69, 9.17) is 4.74 Å². The summed E-state index contributed by atoms with van der Waals surface area (Å²) in [6.45, 7) is 3.92. The minimum absolute atomic E-state index is 0.595. The molecule has 0 amide bonds. The third-order valence-corrected chi connectivity index (χ3v) is 5.43. The molecule has 2 aliphatic carbocycles. The predicted molar refractivity (Wildman–Crippen MR) is 62.8 cm³/mol. The SMILES string of the molecule is CCOCCC1(CBr)CC2CCC1C2. The Bertz CT molecular complexity index is 195. The van der Waals surface area contributed by atoms with E-state index in [9.17, 15) is 0 Å². The summed E-state index contributed by atoms with van der Waals surface area (Å²) in [5, 5.41) is 1.19. The van der Waals surface area contributed by atoms with Gasteiger partial charge in [-0.2, -0.15) is 0 Å². The van der Waals surface area contributed by atoms with E-state index in [0.29, 0.717) is 5.41 Å². The van der Waals surface area contributed by atoms with Crippen LogP contribution in [-0.2, 0) is 4.74 Å². The molecule has 0 aromatic carbocycles. The number of fused-ring (bicyclic) bond motifs is 2. The van der Waals surface area contributed by atoms with Crippen LogP contribution in [0, 0.1) is 17.3 Å². The van der Waals surface area contributed by atoms with Crippen molar-refractivity contribution >= 4 is 15.9 Å². The summed E-state index contributed by atoms with van der Waals surface area (Å²) in [7, 11) is 0. The van der Waals surface area contributed by atoms with Crippen molar-refractivity contribution in [2.45, 2.75) is 39.0 Å². The van der Waals surface area contributed by atoms with Gasteiger partial charge in [0.25, 0.3) is 0 Å². The van der Waals surface area contributed by atoms with E-state index < -0.39 is 0 Å². The number of alkyl halides is 1. The fourth-order valence-electron chi connectivity index (χ4n) is 3.51. The molecule has 1 nitrogen and oxygen atoms in total. The second kappa shape index (κ2) is 4.52. The summed E-state index contributed by atoms with van der Waals surface area (Å²) in [6, 6.07) is 0. The van der Waals surface area contributed by atoms with Gasteiger partial charge in [-0.05, 0) is 49.9 Å². The average molecular weight is 261 g/mol. The van der Waals surface area contributed by atoms with Crippen LogP contribution in [0.2, 0.25) is 0 Å². The van der Waals surface area contributed by atoms with Crippen LogP contribution in [0.5, 0.6) is 0 Å². The van der Waals surface area contributed by atoms with Gasteiger partial charge in [0.2, 0.25) is 0 Å². The van der Waals surface area contributed by atoms with Gasteiger partial charge in [-0.15, -0.1) is 0 Å². The Morgan fingerprint density at radius 2 is 2.29 bits per heavy atom. The lowest BCUT2D eigenvalue weighted by atomic mass is 9.72. The first-order valence-corrected chi connectivity index (χ1v) is 7.06. The Hall–Kier alpha value is 0.440. The molecule has 0 spiro atoms. The zero-order valence-electron chi connectivity index (χ0n) is 9.10. The molecule has 2 fully saturated rings. The van der Waals surface area contributed by atoms with Crippen molar-refractivity contribution in [3.05, 3.63) is 0 Å². The molecule has 0 saturated heterocycles. The van der Waals surface area contributed by atoms with Crippen molar-refractivity contribution in [1.29, 1.82) is 0 Å². The maximum absolute atomic E-state index is 5.51. The van der Waals surface area contributed by atoms with Crippen molar-refractivity contribution < 1.29 is 4.74 Å². The van der Waals surface area contributed by atoms with E-state index in [1.807, 2.05) is 0 Å². The lowest BCUT2D eigenvalue weighted by molar-refractivity contribution is 0.0840. The molecular formula is C12H21BrO. The Morgan fingerprint density at radius 3 is 2.79 bits per heavy atom. The van der Waals surface area contributed by atoms with Gasteiger partial charge in [-0.3, -0.25) is 0 Å². The summed E-state index contributed by atoms with van der Waals surface area (Å²) < 4.78 is 5.51. The molecule has 2 heteroatoms. The highest BCUT2D eigenvalue weighted by atomic mass is 79.9. The van der Waals surface area contributed by atoms with E-state index in [-0.39, 0.29) is 0 Å². The smallest absolute Gasteiger partial charge is 0.0471 e. The Labute approximate surface area is 95.7 Å². The van der Waals surface area contributed by atoms with Crippen molar-refractivity contribution in [3.63, 3.8) is 0 Å². The first kappa shape index (κ1) is 10.9. The molecule has 0 N–H and O–H groups in total. The molecule has 82 valence electrons. The molecule has 2 rings (SSSR count). The molecule has 3 unspecified atom stereocenters. The number of hydrogen-bond acceptors (Lipinski definition) is 1. The average Bonchev–Trinajstić information content (AvgIpc) is 2.78. The highest BCUT2D eigenvalue weighted by Gasteiger charge is 2.49.